The van der Waals surface area contributed by atoms with Crippen molar-refractivity contribution in [3.05, 3.63) is 105 Å². The Bertz CT molecular complexity index is 1220. The molecule has 0 spiro atoms. The van der Waals surface area contributed by atoms with E-state index in [1.165, 1.54) is 11.1 Å². The minimum Gasteiger partial charge on any atom is -0.497 e. The molecule has 4 heteroatoms. The van der Waals surface area contributed by atoms with Crippen LogP contribution >= 0.6 is 15.9 Å². The van der Waals surface area contributed by atoms with E-state index in [0.29, 0.717) is 0 Å². The average Bonchev–Trinajstić information content (AvgIpc) is 3.05. The maximum atomic E-state index is 11.4. The predicted molar refractivity (Wildman–Crippen MR) is 138 cm³/mol. The smallest absolute Gasteiger partial charge is 0.307 e. The van der Waals surface area contributed by atoms with Gasteiger partial charge in [0.1, 0.15) is 5.75 Å². The molecule has 0 aromatic heterocycles. The fourth-order valence-corrected chi connectivity index (χ4v) is 4.73. The first-order valence-corrected chi connectivity index (χ1v) is 11.9. The molecule has 0 fully saturated rings. The number of benzene rings is 3. The van der Waals surface area contributed by atoms with Gasteiger partial charge in [0.05, 0.1) is 13.5 Å². The lowest BCUT2D eigenvalue weighted by Gasteiger charge is -2.07. The molecule has 0 unspecified atom stereocenters. The molecular weight excluding hydrogens is 476 g/mol. The number of aliphatic carboxylic acids is 1. The van der Waals surface area contributed by atoms with Crippen molar-refractivity contribution >= 4 is 39.1 Å². The third kappa shape index (κ3) is 5.45. The van der Waals surface area contributed by atoms with E-state index >= 15 is 0 Å². The van der Waals surface area contributed by atoms with Crippen LogP contribution in [0.3, 0.4) is 0 Å². The van der Waals surface area contributed by atoms with E-state index in [1.54, 1.807) is 7.11 Å². The number of carboxylic acids is 1. The highest BCUT2D eigenvalue weighted by atomic mass is 79.9. The molecule has 1 N–H and O–H groups in total. The number of aryl methyl sites for hydroxylation is 2. The Labute approximate surface area is 203 Å². The first-order valence-electron chi connectivity index (χ1n) is 11.1. The number of carbonyl (C=O) groups is 1. The van der Waals surface area contributed by atoms with Crippen molar-refractivity contribution in [2.45, 2.75) is 32.6 Å². The van der Waals surface area contributed by atoms with E-state index < -0.39 is 5.97 Å². The van der Waals surface area contributed by atoms with Gasteiger partial charge < -0.3 is 9.84 Å². The molecule has 0 atom stereocenters. The number of carboxylic acid groups (broad SMARTS) is 1. The number of fused-ring (bicyclic) bond motifs is 1. The molecule has 168 valence electrons. The summed E-state index contributed by atoms with van der Waals surface area (Å²) in [6, 6.07) is 23.0. The van der Waals surface area contributed by atoms with Crippen molar-refractivity contribution in [1.82, 2.24) is 0 Å². The number of hydrogen-bond donors (Lipinski definition) is 1. The van der Waals surface area contributed by atoms with Crippen molar-refractivity contribution in [2.75, 3.05) is 7.11 Å². The predicted octanol–water partition coefficient (Wildman–Crippen LogP) is 7.44. The topological polar surface area (TPSA) is 46.5 Å². The van der Waals surface area contributed by atoms with Gasteiger partial charge in [-0.3, -0.25) is 4.79 Å². The van der Waals surface area contributed by atoms with Crippen LogP contribution in [-0.4, -0.2) is 18.2 Å². The zero-order valence-electron chi connectivity index (χ0n) is 18.9. The van der Waals surface area contributed by atoms with Gasteiger partial charge in [0.25, 0.3) is 0 Å². The van der Waals surface area contributed by atoms with Crippen molar-refractivity contribution in [2.24, 2.45) is 0 Å². The van der Waals surface area contributed by atoms with Gasteiger partial charge in [-0.15, -0.1) is 0 Å². The van der Waals surface area contributed by atoms with Gasteiger partial charge in [0, 0.05) is 4.47 Å². The summed E-state index contributed by atoms with van der Waals surface area (Å²) in [7, 11) is 1.69. The van der Waals surface area contributed by atoms with Crippen molar-refractivity contribution in [3.63, 3.8) is 0 Å². The second kappa shape index (κ2) is 10.2. The van der Waals surface area contributed by atoms with Crippen LogP contribution in [0, 0.1) is 0 Å². The first-order chi connectivity index (χ1) is 15.9. The van der Waals surface area contributed by atoms with E-state index in [2.05, 4.69) is 64.5 Å². The van der Waals surface area contributed by atoms with Gasteiger partial charge in [0.2, 0.25) is 0 Å². The second-order valence-electron chi connectivity index (χ2n) is 8.37. The molecule has 3 nitrogen and oxygen atoms in total. The Balaban J connectivity index is 1.47. The van der Waals surface area contributed by atoms with Crippen LogP contribution in [0.25, 0.3) is 17.2 Å². The standard InChI is InChI=1S/C29H27BrO3/c1-19-26(25-15-12-23(30)17-28(25)27(19)18-29(31)32)16-22-8-6-20(7-9-22)4-3-5-21-10-13-24(33-2)14-11-21/h6-17H,3-5,18H2,1-2H3,(H,31,32)/b26-16-. The summed E-state index contributed by atoms with van der Waals surface area (Å²) in [6.45, 7) is 2.02. The van der Waals surface area contributed by atoms with E-state index in [-0.39, 0.29) is 6.42 Å². The van der Waals surface area contributed by atoms with Crippen molar-refractivity contribution < 1.29 is 14.6 Å². The Morgan fingerprint density at radius 2 is 1.58 bits per heavy atom. The molecule has 33 heavy (non-hydrogen) atoms. The van der Waals surface area contributed by atoms with Gasteiger partial charge in [0.15, 0.2) is 0 Å². The maximum absolute atomic E-state index is 11.4. The zero-order chi connectivity index (χ0) is 23.4. The highest BCUT2D eigenvalue weighted by Crippen LogP contribution is 2.44. The number of hydrogen-bond acceptors (Lipinski definition) is 2. The fourth-order valence-electron chi connectivity index (χ4n) is 4.37. The monoisotopic (exact) mass is 502 g/mol. The molecule has 3 aromatic rings. The fraction of sp³-hybridized carbons (Fsp3) is 0.207. The molecule has 0 heterocycles. The molecule has 0 saturated heterocycles. The lowest BCUT2D eigenvalue weighted by Crippen LogP contribution is -1.96. The highest BCUT2D eigenvalue weighted by molar-refractivity contribution is 9.10. The largest absolute Gasteiger partial charge is 0.497 e. The Morgan fingerprint density at radius 1 is 0.939 bits per heavy atom. The zero-order valence-corrected chi connectivity index (χ0v) is 20.5. The van der Waals surface area contributed by atoms with Crippen molar-refractivity contribution in [3.8, 4) is 5.75 Å². The van der Waals surface area contributed by atoms with E-state index in [1.807, 2.05) is 31.2 Å². The maximum Gasteiger partial charge on any atom is 0.307 e. The Kier molecular flexibility index (Phi) is 7.14. The molecular formula is C29H27BrO3. The number of ether oxygens (including phenoxy) is 1. The van der Waals surface area contributed by atoms with E-state index in [9.17, 15) is 9.90 Å². The quantitative estimate of drug-likeness (QED) is 0.348. The lowest BCUT2D eigenvalue weighted by atomic mass is 9.99. The molecule has 1 aliphatic carbocycles. The van der Waals surface area contributed by atoms with Crippen molar-refractivity contribution in [1.29, 1.82) is 0 Å². The van der Waals surface area contributed by atoms with Gasteiger partial charge in [-0.1, -0.05) is 58.4 Å². The number of rotatable bonds is 8. The van der Waals surface area contributed by atoms with Gasteiger partial charge in [-0.25, -0.2) is 0 Å². The summed E-state index contributed by atoms with van der Waals surface area (Å²) in [4.78, 5) is 11.4. The third-order valence-corrected chi connectivity index (χ3v) is 6.66. The number of allylic oxidation sites excluding steroid dienone is 2. The van der Waals surface area contributed by atoms with Gasteiger partial charge in [-0.2, -0.15) is 0 Å². The highest BCUT2D eigenvalue weighted by Gasteiger charge is 2.25. The first kappa shape index (κ1) is 23.1. The summed E-state index contributed by atoms with van der Waals surface area (Å²) in [5.41, 5.74) is 8.88. The average molecular weight is 503 g/mol. The SMILES string of the molecule is COc1ccc(CCCc2ccc(/C=C3/C(C)=C(CC(=O)O)c4cc(Br)ccc43)cc2)cc1. The summed E-state index contributed by atoms with van der Waals surface area (Å²) >= 11 is 3.52. The summed E-state index contributed by atoms with van der Waals surface area (Å²) < 4.78 is 6.18. The minimum atomic E-state index is -0.810. The Hall–Kier alpha value is -3.11. The summed E-state index contributed by atoms with van der Waals surface area (Å²) in [5.74, 6) is 0.0802. The van der Waals surface area contributed by atoms with Crippen LogP contribution in [0.1, 0.15) is 47.6 Å². The number of methoxy groups -OCH3 is 1. The summed E-state index contributed by atoms with van der Waals surface area (Å²) in [5, 5.41) is 9.39. The summed E-state index contributed by atoms with van der Waals surface area (Å²) in [6.07, 6.45) is 5.35. The van der Waals surface area contributed by atoms with Crippen LogP contribution in [0.2, 0.25) is 0 Å². The van der Waals surface area contributed by atoms with E-state index in [0.717, 1.165) is 62.9 Å². The second-order valence-corrected chi connectivity index (χ2v) is 9.28. The molecule has 0 aliphatic heterocycles. The van der Waals surface area contributed by atoms with E-state index in [4.69, 9.17) is 4.74 Å². The molecule has 1 aliphatic rings. The molecule has 3 aromatic carbocycles. The molecule has 0 amide bonds. The molecule has 0 saturated carbocycles. The number of halogens is 1. The third-order valence-electron chi connectivity index (χ3n) is 6.16. The van der Waals surface area contributed by atoms with Crippen LogP contribution in [0.5, 0.6) is 5.75 Å². The minimum absolute atomic E-state index is 0.0275. The van der Waals surface area contributed by atoms with Crippen LogP contribution < -0.4 is 4.74 Å². The van der Waals surface area contributed by atoms with Crippen LogP contribution in [0.4, 0.5) is 0 Å². The molecule has 0 radical (unpaired) electrons. The Morgan fingerprint density at radius 3 is 2.18 bits per heavy atom. The van der Waals surface area contributed by atoms with Gasteiger partial charge in [-0.05, 0) is 101 Å². The molecule has 0 bridgehead atoms. The van der Waals surface area contributed by atoms with Gasteiger partial charge >= 0.3 is 5.97 Å². The van der Waals surface area contributed by atoms with Crippen LogP contribution in [0.15, 0.2) is 76.8 Å². The lowest BCUT2D eigenvalue weighted by molar-refractivity contribution is -0.135. The normalized spacial score (nSPS) is 14.0. The molecule has 4 rings (SSSR count). The van der Waals surface area contributed by atoms with Crippen LogP contribution in [-0.2, 0) is 17.6 Å².